The Bertz CT molecular complexity index is 156. The standard InChI is InChI=1S/C8H16N2/c1-5-8(6(2)9)7(3)10-4/h5,9H2,1-4H3/b8-6-,10-7?. The number of rotatable bonds is 2. The lowest BCUT2D eigenvalue weighted by atomic mass is 10.1. The first kappa shape index (κ1) is 9.21. The Kier molecular flexibility index (Phi) is 3.77. The van der Waals surface area contributed by atoms with E-state index in [-0.39, 0.29) is 0 Å². The molecular weight excluding hydrogens is 124 g/mol. The summed E-state index contributed by atoms with van der Waals surface area (Å²) in [5, 5.41) is 0. The van der Waals surface area contributed by atoms with Gasteiger partial charge in [-0.25, -0.2) is 0 Å². The lowest BCUT2D eigenvalue weighted by Crippen LogP contribution is -2.05. The fourth-order valence-electron chi connectivity index (χ4n) is 0.955. The molecule has 0 aliphatic carbocycles. The number of allylic oxidation sites excluding steroid dienone is 2. The van der Waals surface area contributed by atoms with Gasteiger partial charge in [0.05, 0.1) is 0 Å². The SMILES string of the molecule is CC/C(C(C)=NC)=C(\C)N. The summed E-state index contributed by atoms with van der Waals surface area (Å²) in [6, 6.07) is 0. The van der Waals surface area contributed by atoms with E-state index < -0.39 is 0 Å². The third kappa shape index (κ3) is 2.21. The highest BCUT2D eigenvalue weighted by Gasteiger charge is 1.99. The van der Waals surface area contributed by atoms with Gasteiger partial charge in [-0.05, 0) is 25.8 Å². The molecule has 0 saturated carbocycles. The second-order valence-corrected chi connectivity index (χ2v) is 2.32. The van der Waals surface area contributed by atoms with E-state index in [0.717, 1.165) is 17.8 Å². The van der Waals surface area contributed by atoms with E-state index in [1.807, 2.05) is 13.8 Å². The normalized spacial score (nSPS) is 15.0. The third-order valence-corrected chi connectivity index (χ3v) is 1.60. The summed E-state index contributed by atoms with van der Waals surface area (Å²) in [5.74, 6) is 0. The van der Waals surface area contributed by atoms with Crippen molar-refractivity contribution in [3.63, 3.8) is 0 Å². The largest absolute Gasteiger partial charge is 0.402 e. The number of hydrogen-bond acceptors (Lipinski definition) is 2. The Balaban J connectivity index is 4.54. The fraction of sp³-hybridized carbons (Fsp3) is 0.625. The van der Waals surface area contributed by atoms with Gasteiger partial charge in [-0.15, -0.1) is 0 Å². The quantitative estimate of drug-likeness (QED) is 0.583. The van der Waals surface area contributed by atoms with Gasteiger partial charge in [0.1, 0.15) is 0 Å². The van der Waals surface area contributed by atoms with Crippen molar-refractivity contribution in [2.24, 2.45) is 10.7 Å². The molecular formula is C8H16N2. The van der Waals surface area contributed by atoms with E-state index in [1.165, 1.54) is 5.57 Å². The van der Waals surface area contributed by atoms with Gasteiger partial charge in [0.2, 0.25) is 0 Å². The van der Waals surface area contributed by atoms with Gasteiger partial charge in [-0.1, -0.05) is 6.92 Å². The zero-order valence-corrected chi connectivity index (χ0v) is 7.23. The molecule has 0 bridgehead atoms. The highest BCUT2D eigenvalue weighted by Crippen LogP contribution is 2.05. The highest BCUT2D eigenvalue weighted by molar-refractivity contribution is 5.98. The molecule has 0 radical (unpaired) electrons. The molecule has 0 spiro atoms. The van der Waals surface area contributed by atoms with Gasteiger partial charge in [0.15, 0.2) is 0 Å². The van der Waals surface area contributed by atoms with Crippen molar-refractivity contribution in [1.82, 2.24) is 0 Å². The van der Waals surface area contributed by atoms with Crippen LogP contribution in [0.3, 0.4) is 0 Å². The van der Waals surface area contributed by atoms with Gasteiger partial charge < -0.3 is 5.73 Å². The van der Waals surface area contributed by atoms with E-state index in [4.69, 9.17) is 5.73 Å². The van der Waals surface area contributed by atoms with Crippen LogP contribution in [-0.4, -0.2) is 12.8 Å². The summed E-state index contributed by atoms with van der Waals surface area (Å²) in [5.41, 5.74) is 8.72. The summed E-state index contributed by atoms with van der Waals surface area (Å²) < 4.78 is 0. The minimum atomic E-state index is 0.880. The van der Waals surface area contributed by atoms with Crippen molar-refractivity contribution in [3.05, 3.63) is 11.3 Å². The number of nitrogens with zero attached hydrogens (tertiary/aromatic N) is 1. The number of hydrogen-bond donors (Lipinski definition) is 1. The van der Waals surface area contributed by atoms with Crippen LogP contribution in [0.5, 0.6) is 0 Å². The van der Waals surface area contributed by atoms with Crippen molar-refractivity contribution >= 4 is 5.71 Å². The maximum Gasteiger partial charge on any atom is 0.0362 e. The molecule has 0 unspecified atom stereocenters. The molecule has 2 heteroatoms. The second-order valence-electron chi connectivity index (χ2n) is 2.32. The average Bonchev–Trinajstić information content (AvgIpc) is 1.88. The molecule has 2 nitrogen and oxygen atoms in total. The number of nitrogens with two attached hydrogens (primary N) is 1. The summed E-state index contributed by atoms with van der Waals surface area (Å²) in [6.07, 6.45) is 0.964. The van der Waals surface area contributed by atoms with Gasteiger partial charge in [-0.3, -0.25) is 4.99 Å². The van der Waals surface area contributed by atoms with Crippen molar-refractivity contribution in [3.8, 4) is 0 Å². The van der Waals surface area contributed by atoms with Crippen LogP contribution in [0.2, 0.25) is 0 Å². The maximum atomic E-state index is 5.62. The van der Waals surface area contributed by atoms with Crippen LogP contribution in [0.25, 0.3) is 0 Å². The van der Waals surface area contributed by atoms with Crippen molar-refractivity contribution in [2.75, 3.05) is 7.05 Å². The lowest BCUT2D eigenvalue weighted by Gasteiger charge is -2.04. The third-order valence-electron chi connectivity index (χ3n) is 1.60. The molecule has 0 saturated heterocycles. The average molecular weight is 140 g/mol. The summed E-state index contributed by atoms with van der Waals surface area (Å²) in [6.45, 7) is 5.98. The molecule has 10 heavy (non-hydrogen) atoms. The van der Waals surface area contributed by atoms with Gasteiger partial charge in [0.25, 0.3) is 0 Å². The lowest BCUT2D eigenvalue weighted by molar-refractivity contribution is 1.10. The first-order valence-corrected chi connectivity index (χ1v) is 3.52. The van der Waals surface area contributed by atoms with Gasteiger partial charge in [-0.2, -0.15) is 0 Å². The molecule has 58 valence electrons. The van der Waals surface area contributed by atoms with Gasteiger partial charge >= 0.3 is 0 Å². The molecule has 0 aromatic rings. The monoisotopic (exact) mass is 140 g/mol. The highest BCUT2D eigenvalue weighted by atomic mass is 14.7. The minimum Gasteiger partial charge on any atom is -0.402 e. The first-order valence-electron chi connectivity index (χ1n) is 3.52. The maximum absolute atomic E-state index is 5.62. The van der Waals surface area contributed by atoms with Crippen LogP contribution < -0.4 is 5.73 Å². The Morgan fingerprint density at radius 1 is 1.40 bits per heavy atom. The predicted molar refractivity (Wildman–Crippen MR) is 46.2 cm³/mol. The van der Waals surface area contributed by atoms with Crippen molar-refractivity contribution < 1.29 is 0 Å². The van der Waals surface area contributed by atoms with Crippen LogP contribution >= 0.6 is 0 Å². The fourth-order valence-corrected chi connectivity index (χ4v) is 0.955. The summed E-state index contributed by atoms with van der Waals surface area (Å²) in [7, 11) is 1.79. The second kappa shape index (κ2) is 4.09. The smallest absolute Gasteiger partial charge is 0.0362 e. The summed E-state index contributed by atoms with van der Waals surface area (Å²) in [4.78, 5) is 4.06. The van der Waals surface area contributed by atoms with Gasteiger partial charge in [0, 0.05) is 18.5 Å². The topological polar surface area (TPSA) is 38.4 Å². The van der Waals surface area contributed by atoms with Crippen LogP contribution in [0, 0.1) is 0 Å². The zero-order chi connectivity index (χ0) is 8.15. The molecule has 0 aromatic carbocycles. The molecule has 2 N–H and O–H groups in total. The van der Waals surface area contributed by atoms with E-state index in [1.54, 1.807) is 7.05 Å². The molecule has 0 rings (SSSR count). The first-order chi connectivity index (χ1) is 4.63. The summed E-state index contributed by atoms with van der Waals surface area (Å²) >= 11 is 0. The van der Waals surface area contributed by atoms with E-state index in [2.05, 4.69) is 11.9 Å². The van der Waals surface area contributed by atoms with Crippen LogP contribution in [-0.2, 0) is 0 Å². The Morgan fingerprint density at radius 2 is 1.90 bits per heavy atom. The molecule has 0 aliphatic heterocycles. The Morgan fingerprint density at radius 3 is 2.00 bits per heavy atom. The van der Waals surface area contributed by atoms with Crippen molar-refractivity contribution in [1.29, 1.82) is 0 Å². The molecule has 0 aliphatic rings. The molecule has 0 atom stereocenters. The van der Waals surface area contributed by atoms with Crippen molar-refractivity contribution in [2.45, 2.75) is 27.2 Å². The zero-order valence-electron chi connectivity index (χ0n) is 7.23. The number of aliphatic imine (C=N–C) groups is 1. The Hall–Kier alpha value is -0.790. The molecule has 0 heterocycles. The van der Waals surface area contributed by atoms with Crippen LogP contribution in [0.1, 0.15) is 27.2 Å². The van der Waals surface area contributed by atoms with E-state index in [0.29, 0.717) is 0 Å². The predicted octanol–water partition coefficient (Wildman–Crippen LogP) is 1.72. The molecule has 0 amide bonds. The molecule has 0 aromatic heterocycles. The molecule has 0 fully saturated rings. The van der Waals surface area contributed by atoms with Crippen LogP contribution in [0.15, 0.2) is 16.3 Å². The van der Waals surface area contributed by atoms with E-state index in [9.17, 15) is 0 Å². The minimum absolute atomic E-state index is 0.880. The van der Waals surface area contributed by atoms with E-state index >= 15 is 0 Å². The van der Waals surface area contributed by atoms with Crippen LogP contribution in [0.4, 0.5) is 0 Å². The Labute approximate surface area is 62.8 Å².